The van der Waals surface area contributed by atoms with Crippen molar-refractivity contribution < 1.29 is 23.9 Å². The molecular formula is C28H36N6O5. The van der Waals surface area contributed by atoms with E-state index in [0.717, 1.165) is 10.9 Å². The molecule has 2 atom stereocenters. The number of benzene rings is 1. The molecular weight excluding hydrogens is 500 g/mol. The molecule has 39 heavy (non-hydrogen) atoms. The Morgan fingerprint density at radius 1 is 1.08 bits per heavy atom. The Morgan fingerprint density at radius 3 is 2.56 bits per heavy atom. The maximum Gasteiger partial charge on any atom is 0.316 e. The molecule has 2 aromatic rings. The van der Waals surface area contributed by atoms with Gasteiger partial charge < -0.3 is 10.1 Å². The predicted molar refractivity (Wildman–Crippen MR) is 147 cm³/mol. The van der Waals surface area contributed by atoms with E-state index in [4.69, 9.17) is 9.72 Å². The number of nitrogens with one attached hydrogen (secondary N) is 3. The van der Waals surface area contributed by atoms with Gasteiger partial charge in [0.2, 0.25) is 0 Å². The second-order valence-electron chi connectivity index (χ2n) is 10.9. The van der Waals surface area contributed by atoms with E-state index in [2.05, 4.69) is 16.2 Å². The van der Waals surface area contributed by atoms with Crippen LogP contribution in [0.4, 0.5) is 5.82 Å². The van der Waals surface area contributed by atoms with E-state index in [1.807, 2.05) is 36.4 Å². The Bertz CT molecular complexity index is 1310. The van der Waals surface area contributed by atoms with Crippen LogP contribution >= 0.6 is 0 Å². The molecule has 2 unspecified atom stereocenters. The smallest absolute Gasteiger partial charge is 0.316 e. The fourth-order valence-electron chi connectivity index (χ4n) is 4.36. The summed E-state index contributed by atoms with van der Waals surface area (Å²) in [4.78, 5) is 56.6. The number of hydrogen-bond donors (Lipinski definition) is 3. The van der Waals surface area contributed by atoms with E-state index >= 15 is 0 Å². The summed E-state index contributed by atoms with van der Waals surface area (Å²) >= 11 is 0. The maximum absolute atomic E-state index is 13.1. The van der Waals surface area contributed by atoms with Crippen LogP contribution in [0.3, 0.4) is 0 Å². The zero-order valence-corrected chi connectivity index (χ0v) is 23.0. The molecule has 1 fully saturated rings. The number of rotatable bonds is 1. The molecule has 1 saturated heterocycles. The SMILES string of the molecule is CC(C)C1OC(=O)C(C)(C)/C=C/c2ccc3ccc(nc3c2)N(C)NC(=O)C2CCCN(N2)C(=O)CNC1=O. The fourth-order valence-corrected chi connectivity index (χ4v) is 4.36. The molecule has 1 aromatic heterocycles. The van der Waals surface area contributed by atoms with Gasteiger partial charge in [-0.3, -0.25) is 34.6 Å². The first-order valence-corrected chi connectivity index (χ1v) is 13.1. The molecule has 11 nitrogen and oxygen atoms in total. The number of hydrogen-bond acceptors (Lipinski definition) is 8. The number of ether oxygens (including phenoxy) is 1. The van der Waals surface area contributed by atoms with E-state index in [9.17, 15) is 19.2 Å². The monoisotopic (exact) mass is 536 g/mol. The van der Waals surface area contributed by atoms with E-state index in [0.29, 0.717) is 30.7 Å². The van der Waals surface area contributed by atoms with Crippen LogP contribution in [0.15, 0.2) is 36.4 Å². The highest BCUT2D eigenvalue weighted by Crippen LogP contribution is 2.25. The van der Waals surface area contributed by atoms with Gasteiger partial charge in [-0.2, -0.15) is 0 Å². The first-order chi connectivity index (χ1) is 18.4. The lowest BCUT2D eigenvalue weighted by atomic mass is 9.92. The number of aromatic nitrogens is 1. The highest BCUT2D eigenvalue weighted by atomic mass is 16.5. The summed E-state index contributed by atoms with van der Waals surface area (Å²) in [5.74, 6) is -1.60. The van der Waals surface area contributed by atoms with Crippen LogP contribution in [0, 0.1) is 11.3 Å². The average molecular weight is 537 g/mol. The molecule has 0 saturated carbocycles. The third-order valence-corrected chi connectivity index (χ3v) is 6.86. The molecule has 3 heterocycles. The largest absolute Gasteiger partial charge is 0.451 e. The summed E-state index contributed by atoms with van der Waals surface area (Å²) in [5.41, 5.74) is 6.31. The van der Waals surface area contributed by atoms with Gasteiger partial charge >= 0.3 is 5.97 Å². The van der Waals surface area contributed by atoms with Gasteiger partial charge in [0.15, 0.2) is 6.10 Å². The van der Waals surface area contributed by atoms with Crippen LogP contribution in [-0.2, 0) is 23.9 Å². The lowest BCUT2D eigenvalue weighted by molar-refractivity contribution is -0.165. The zero-order valence-electron chi connectivity index (χ0n) is 23.0. The molecule has 3 N–H and O–H groups in total. The van der Waals surface area contributed by atoms with Gasteiger partial charge in [-0.25, -0.2) is 10.4 Å². The van der Waals surface area contributed by atoms with Gasteiger partial charge in [0.1, 0.15) is 11.9 Å². The van der Waals surface area contributed by atoms with E-state index in [-0.39, 0.29) is 18.4 Å². The van der Waals surface area contributed by atoms with Crippen LogP contribution in [0.25, 0.3) is 17.0 Å². The summed E-state index contributed by atoms with van der Waals surface area (Å²) in [6, 6.07) is 8.83. The number of cyclic esters (lactones) is 1. The van der Waals surface area contributed by atoms with E-state index in [1.165, 1.54) is 5.01 Å². The number of esters is 1. The molecule has 0 spiro atoms. The number of fused-ring (bicyclic) bond motifs is 4. The Morgan fingerprint density at radius 2 is 1.82 bits per heavy atom. The molecule has 0 aliphatic carbocycles. The molecule has 0 radical (unpaired) electrons. The van der Waals surface area contributed by atoms with Crippen LogP contribution in [0.5, 0.6) is 0 Å². The Labute approximate surface area is 227 Å². The predicted octanol–water partition coefficient (Wildman–Crippen LogP) is 1.93. The number of amides is 3. The van der Waals surface area contributed by atoms with Crippen LogP contribution in [0.1, 0.15) is 46.1 Å². The fraction of sp³-hybridized carbons (Fsp3) is 0.464. The number of carbonyl (C=O) groups excluding carboxylic acids is 4. The van der Waals surface area contributed by atoms with Crippen molar-refractivity contribution in [2.24, 2.45) is 11.3 Å². The number of pyridine rings is 1. The summed E-state index contributed by atoms with van der Waals surface area (Å²) in [7, 11) is 1.70. The third-order valence-electron chi connectivity index (χ3n) is 6.86. The van der Waals surface area contributed by atoms with Crippen molar-refractivity contribution in [3.8, 4) is 0 Å². The van der Waals surface area contributed by atoms with E-state index in [1.54, 1.807) is 45.8 Å². The van der Waals surface area contributed by atoms with Gasteiger partial charge in [-0.15, -0.1) is 0 Å². The number of hydrazine groups is 2. The molecule has 1 aromatic carbocycles. The standard InChI is InChI=1S/C28H36N6O5/c1-17(2)24-26(37)29-16-23(35)34-14-6-7-20(31-34)25(36)32-33(5)22-11-10-19-9-8-18(15-21(19)30-22)12-13-28(3,4)27(38)39-24/h8-13,15,17,20,24,31H,6-7,14,16H2,1-5H3,(H,29,37)(H,32,36)/b13-12+. The Balaban J connectivity index is 1.68. The number of nitrogens with zero attached hydrogens (tertiary/aromatic N) is 3. The number of carbonyl (C=O) groups is 4. The summed E-state index contributed by atoms with van der Waals surface area (Å²) in [5, 5.41) is 6.39. The minimum absolute atomic E-state index is 0.302. The van der Waals surface area contributed by atoms with Crippen molar-refractivity contribution >= 4 is 46.5 Å². The van der Waals surface area contributed by atoms with Gasteiger partial charge in [0, 0.05) is 19.0 Å². The first kappa shape index (κ1) is 28.0. The molecule has 3 amide bonds. The summed E-state index contributed by atoms with van der Waals surface area (Å²) in [6.07, 6.45) is 3.62. The summed E-state index contributed by atoms with van der Waals surface area (Å²) < 4.78 is 5.65. The summed E-state index contributed by atoms with van der Waals surface area (Å²) in [6.45, 7) is 7.07. The zero-order chi connectivity index (χ0) is 28.3. The molecule has 4 rings (SSSR count). The van der Waals surface area contributed by atoms with Crippen molar-refractivity contribution in [1.29, 1.82) is 0 Å². The quantitative estimate of drug-likeness (QED) is 0.471. The Hall–Kier alpha value is -3.99. The highest BCUT2D eigenvalue weighted by Gasteiger charge is 2.34. The van der Waals surface area contributed by atoms with E-state index < -0.39 is 35.3 Å². The normalized spacial score (nSPS) is 23.8. The lowest BCUT2D eigenvalue weighted by Gasteiger charge is -2.34. The minimum atomic E-state index is -1.07. The van der Waals surface area contributed by atoms with Crippen LogP contribution in [0.2, 0.25) is 0 Å². The van der Waals surface area contributed by atoms with Crippen molar-refractivity contribution in [1.82, 2.24) is 26.2 Å². The third kappa shape index (κ3) is 6.54. The van der Waals surface area contributed by atoms with Gasteiger partial charge in [-0.05, 0) is 56.4 Å². The minimum Gasteiger partial charge on any atom is -0.451 e. The maximum atomic E-state index is 13.1. The molecule has 11 heteroatoms. The molecule has 2 aliphatic rings. The highest BCUT2D eigenvalue weighted by molar-refractivity contribution is 5.90. The number of anilines is 1. The van der Waals surface area contributed by atoms with Crippen LogP contribution in [-0.4, -0.2) is 66.0 Å². The van der Waals surface area contributed by atoms with Crippen molar-refractivity contribution in [3.63, 3.8) is 0 Å². The topological polar surface area (TPSA) is 133 Å². The van der Waals surface area contributed by atoms with Gasteiger partial charge in [0.25, 0.3) is 17.7 Å². The second-order valence-corrected chi connectivity index (χ2v) is 10.9. The molecule has 5 bridgehead atoms. The van der Waals surface area contributed by atoms with Crippen LogP contribution < -0.4 is 21.2 Å². The molecule has 208 valence electrons. The Kier molecular flexibility index (Phi) is 8.19. The van der Waals surface area contributed by atoms with Gasteiger partial charge in [0.05, 0.1) is 17.5 Å². The average Bonchev–Trinajstić information content (AvgIpc) is 2.92. The van der Waals surface area contributed by atoms with Crippen molar-refractivity contribution in [2.45, 2.75) is 52.7 Å². The second kappa shape index (κ2) is 11.4. The lowest BCUT2D eigenvalue weighted by Crippen LogP contribution is -2.60. The van der Waals surface area contributed by atoms with Crippen molar-refractivity contribution in [2.75, 3.05) is 25.1 Å². The first-order valence-electron chi connectivity index (χ1n) is 13.1. The van der Waals surface area contributed by atoms with Gasteiger partial charge in [-0.1, -0.05) is 38.1 Å². The molecule has 2 aliphatic heterocycles. The van der Waals surface area contributed by atoms with Crippen molar-refractivity contribution in [3.05, 3.63) is 42.0 Å².